The Hall–Kier alpha value is -4.28. The van der Waals surface area contributed by atoms with Crippen LogP contribution in [0.5, 0.6) is 17.2 Å². The molecule has 0 bridgehead atoms. The van der Waals surface area contributed by atoms with E-state index in [9.17, 15) is 14.4 Å². The minimum Gasteiger partial charge on any atom is -0.494 e. The number of hydrazone groups is 1. The number of amides is 3. The fourth-order valence-electron chi connectivity index (χ4n) is 3.06. The van der Waals surface area contributed by atoms with Gasteiger partial charge in [-0.1, -0.05) is 30.1 Å². The number of rotatable bonds is 11. The maximum Gasteiger partial charge on any atom is 0.329 e. The highest BCUT2D eigenvalue weighted by atomic mass is 35.5. The smallest absolute Gasteiger partial charge is 0.329 e. The number of halogens is 2. The summed E-state index contributed by atoms with van der Waals surface area (Å²) in [5.41, 5.74) is 3.62. The number of nitrogens with zero attached hydrogens (tertiary/aromatic N) is 1. The molecule has 0 atom stereocenters. The number of hydrogen-bond donors (Lipinski definition) is 3. The number of carbonyl (C=O) groups is 3. The van der Waals surface area contributed by atoms with E-state index in [2.05, 4.69) is 21.2 Å². The average molecular weight is 573 g/mol. The van der Waals surface area contributed by atoms with Crippen LogP contribution in [-0.4, -0.2) is 44.3 Å². The van der Waals surface area contributed by atoms with Gasteiger partial charge in [0.1, 0.15) is 5.75 Å². The van der Waals surface area contributed by atoms with Gasteiger partial charge in [0.05, 0.1) is 30.0 Å². The van der Waals surface area contributed by atoms with Crippen LogP contribution >= 0.6 is 23.2 Å². The molecule has 0 aromatic heterocycles. The molecule has 0 radical (unpaired) electrons. The maximum atomic E-state index is 12.2. The largest absolute Gasteiger partial charge is 0.494 e. The highest BCUT2D eigenvalue weighted by Gasteiger charge is 2.13. The number of hydrogen-bond acceptors (Lipinski definition) is 7. The molecule has 3 N–H and O–H groups in total. The highest BCUT2D eigenvalue weighted by Crippen LogP contribution is 2.28. The highest BCUT2D eigenvalue weighted by molar-refractivity contribution is 6.42. The first-order valence-corrected chi connectivity index (χ1v) is 12.5. The Bertz CT molecular complexity index is 1350. The predicted molar refractivity (Wildman–Crippen MR) is 150 cm³/mol. The molecule has 0 unspecified atom stereocenters. The van der Waals surface area contributed by atoms with Crippen molar-refractivity contribution in [3.05, 3.63) is 76.3 Å². The molecule has 204 valence electrons. The molecule has 10 nitrogen and oxygen atoms in total. The normalized spacial score (nSPS) is 10.6. The van der Waals surface area contributed by atoms with Crippen molar-refractivity contribution in [1.82, 2.24) is 5.43 Å². The van der Waals surface area contributed by atoms with E-state index in [1.54, 1.807) is 54.6 Å². The van der Waals surface area contributed by atoms with Gasteiger partial charge in [-0.25, -0.2) is 5.43 Å². The molecule has 3 aromatic rings. The Balaban J connectivity index is 1.49. The SMILES string of the molecule is CCCOc1ccc(NC(=O)C(=O)N/N=C\c2ccc(OCC(=O)Nc3ccc(Cl)c(Cl)c3)c(OC)c2)cc1. The van der Waals surface area contributed by atoms with Gasteiger partial charge < -0.3 is 24.8 Å². The van der Waals surface area contributed by atoms with Gasteiger partial charge in [0.15, 0.2) is 18.1 Å². The van der Waals surface area contributed by atoms with Gasteiger partial charge in [-0.3, -0.25) is 14.4 Å². The molecule has 12 heteroatoms. The molecule has 0 spiro atoms. The fraction of sp³-hybridized carbons (Fsp3) is 0.185. The summed E-state index contributed by atoms with van der Waals surface area (Å²) in [6.45, 7) is 2.30. The van der Waals surface area contributed by atoms with Gasteiger partial charge in [-0.15, -0.1) is 0 Å². The summed E-state index contributed by atoms with van der Waals surface area (Å²) in [5.74, 6) is -0.928. The summed E-state index contributed by atoms with van der Waals surface area (Å²) in [7, 11) is 1.44. The minimum absolute atomic E-state index is 0.288. The molecular weight excluding hydrogens is 547 g/mol. The number of benzene rings is 3. The summed E-state index contributed by atoms with van der Waals surface area (Å²) in [4.78, 5) is 36.4. The van der Waals surface area contributed by atoms with Gasteiger partial charge in [0.2, 0.25) is 0 Å². The Labute approximate surface area is 235 Å². The first-order chi connectivity index (χ1) is 18.8. The summed E-state index contributed by atoms with van der Waals surface area (Å²) >= 11 is 11.8. The van der Waals surface area contributed by atoms with Crippen molar-refractivity contribution >= 4 is 58.5 Å². The van der Waals surface area contributed by atoms with Crippen molar-refractivity contribution in [1.29, 1.82) is 0 Å². The molecule has 39 heavy (non-hydrogen) atoms. The zero-order valence-electron chi connectivity index (χ0n) is 21.1. The van der Waals surface area contributed by atoms with Crippen molar-refractivity contribution in [3.8, 4) is 17.2 Å². The Morgan fingerprint density at radius 3 is 2.28 bits per heavy atom. The van der Waals surface area contributed by atoms with Gasteiger partial charge in [-0.2, -0.15) is 5.10 Å². The summed E-state index contributed by atoms with van der Waals surface area (Å²) in [5, 5.41) is 9.63. The molecule has 3 rings (SSSR count). The number of nitrogens with one attached hydrogen (secondary N) is 3. The molecule has 0 aliphatic carbocycles. The second-order valence-corrected chi connectivity index (χ2v) is 8.72. The molecule has 0 saturated heterocycles. The topological polar surface area (TPSA) is 127 Å². The van der Waals surface area contributed by atoms with Gasteiger partial charge in [0, 0.05) is 11.4 Å². The van der Waals surface area contributed by atoms with Crippen LogP contribution < -0.4 is 30.3 Å². The molecular formula is C27H26Cl2N4O6. The van der Waals surface area contributed by atoms with E-state index < -0.39 is 17.7 Å². The summed E-state index contributed by atoms with van der Waals surface area (Å²) in [6, 6.07) is 16.2. The van der Waals surface area contributed by atoms with Crippen LogP contribution in [0.3, 0.4) is 0 Å². The third-order valence-corrected chi connectivity index (χ3v) is 5.66. The lowest BCUT2D eigenvalue weighted by Gasteiger charge is -2.12. The average Bonchev–Trinajstić information content (AvgIpc) is 2.93. The number of ether oxygens (including phenoxy) is 3. The Kier molecular flexibility index (Phi) is 11.0. The monoisotopic (exact) mass is 572 g/mol. The molecule has 3 amide bonds. The van der Waals surface area contributed by atoms with E-state index >= 15 is 0 Å². The summed E-state index contributed by atoms with van der Waals surface area (Å²) < 4.78 is 16.4. The quantitative estimate of drug-likeness (QED) is 0.170. The number of methoxy groups -OCH3 is 1. The van der Waals surface area contributed by atoms with Crippen LogP contribution in [0, 0.1) is 0 Å². The van der Waals surface area contributed by atoms with E-state index in [4.69, 9.17) is 37.4 Å². The van der Waals surface area contributed by atoms with Crippen molar-refractivity contribution in [2.24, 2.45) is 5.10 Å². The molecule has 0 saturated carbocycles. The minimum atomic E-state index is -0.947. The van der Waals surface area contributed by atoms with E-state index in [0.29, 0.717) is 50.8 Å². The molecule has 0 fully saturated rings. The van der Waals surface area contributed by atoms with Crippen molar-refractivity contribution < 1.29 is 28.6 Å². The standard InChI is InChI=1S/C27H26Cl2N4O6/c1-3-12-38-20-8-5-18(6-9-20)32-26(35)27(36)33-30-15-17-4-11-23(24(13-17)37-2)39-16-25(34)31-19-7-10-21(28)22(29)14-19/h4-11,13-15H,3,12,16H2,1-2H3,(H,31,34)(H,32,35)(H,33,36)/b30-15-. The van der Waals surface area contributed by atoms with Gasteiger partial charge in [-0.05, 0) is 72.6 Å². The van der Waals surface area contributed by atoms with Crippen molar-refractivity contribution in [3.63, 3.8) is 0 Å². The third kappa shape index (κ3) is 9.20. The van der Waals surface area contributed by atoms with Gasteiger partial charge in [0.25, 0.3) is 5.91 Å². The zero-order chi connectivity index (χ0) is 28.2. The predicted octanol–water partition coefficient (Wildman–Crippen LogP) is 4.90. The molecule has 0 heterocycles. The van der Waals surface area contributed by atoms with Crippen LogP contribution in [0.1, 0.15) is 18.9 Å². The van der Waals surface area contributed by atoms with E-state index in [1.807, 2.05) is 6.92 Å². The lowest BCUT2D eigenvalue weighted by molar-refractivity contribution is -0.136. The van der Waals surface area contributed by atoms with Crippen LogP contribution in [0.15, 0.2) is 65.8 Å². The third-order valence-electron chi connectivity index (χ3n) is 4.92. The Morgan fingerprint density at radius 1 is 0.846 bits per heavy atom. The number of anilines is 2. The van der Waals surface area contributed by atoms with Crippen molar-refractivity contribution in [2.75, 3.05) is 31.0 Å². The van der Waals surface area contributed by atoms with Crippen LogP contribution in [0.4, 0.5) is 11.4 Å². The van der Waals surface area contributed by atoms with E-state index in [0.717, 1.165) is 6.42 Å². The molecule has 0 aliphatic heterocycles. The molecule has 3 aromatic carbocycles. The van der Waals surface area contributed by atoms with Crippen molar-refractivity contribution in [2.45, 2.75) is 13.3 Å². The van der Waals surface area contributed by atoms with Crippen LogP contribution in [0.2, 0.25) is 10.0 Å². The number of carbonyl (C=O) groups excluding carboxylic acids is 3. The van der Waals surface area contributed by atoms with Crippen LogP contribution in [-0.2, 0) is 14.4 Å². The van der Waals surface area contributed by atoms with E-state index in [1.165, 1.54) is 19.4 Å². The molecule has 0 aliphatic rings. The summed E-state index contributed by atoms with van der Waals surface area (Å²) in [6.07, 6.45) is 2.21. The first kappa shape index (κ1) is 29.3. The second kappa shape index (κ2) is 14.6. The van der Waals surface area contributed by atoms with Gasteiger partial charge >= 0.3 is 11.8 Å². The Morgan fingerprint density at radius 2 is 1.59 bits per heavy atom. The first-order valence-electron chi connectivity index (χ1n) is 11.7. The second-order valence-electron chi connectivity index (χ2n) is 7.90. The maximum absolute atomic E-state index is 12.2. The fourth-order valence-corrected chi connectivity index (χ4v) is 3.35. The zero-order valence-corrected chi connectivity index (χ0v) is 22.6. The lowest BCUT2D eigenvalue weighted by Crippen LogP contribution is -2.32. The lowest BCUT2D eigenvalue weighted by atomic mass is 10.2. The van der Waals surface area contributed by atoms with Crippen LogP contribution in [0.25, 0.3) is 0 Å². The van der Waals surface area contributed by atoms with E-state index in [-0.39, 0.29) is 6.61 Å².